The van der Waals surface area contributed by atoms with Crippen molar-refractivity contribution in [2.45, 2.75) is 58.5 Å². The zero-order valence-electron chi connectivity index (χ0n) is 9.68. The molecule has 2 heteroatoms. The molecule has 3 fully saturated rings. The molecule has 0 heterocycles. The Morgan fingerprint density at radius 2 is 2.00 bits per heavy atom. The maximum atomic E-state index is 12.2. The van der Waals surface area contributed by atoms with Crippen molar-refractivity contribution in [2.75, 3.05) is 0 Å². The van der Waals surface area contributed by atoms with E-state index in [9.17, 15) is 9.90 Å². The highest BCUT2D eigenvalue weighted by Gasteiger charge is 2.73. The number of hydrogen-bond acceptors (Lipinski definition) is 2. The predicted molar refractivity (Wildman–Crippen MR) is 57.4 cm³/mol. The minimum atomic E-state index is -0.276. The van der Waals surface area contributed by atoms with Crippen LogP contribution in [0.3, 0.4) is 0 Å². The first-order valence-electron chi connectivity index (χ1n) is 6.18. The monoisotopic (exact) mass is 208 g/mol. The van der Waals surface area contributed by atoms with E-state index < -0.39 is 0 Å². The Morgan fingerprint density at radius 1 is 1.27 bits per heavy atom. The van der Waals surface area contributed by atoms with Crippen molar-refractivity contribution in [1.29, 1.82) is 0 Å². The molecule has 0 radical (unpaired) electrons. The summed E-state index contributed by atoms with van der Waals surface area (Å²) in [6.07, 6.45) is 5.61. The molecule has 2 nitrogen and oxygen atoms in total. The molecule has 1 unspecified atom stereocenters. The van der Waals surface area contributed by atoms with Crippen LogP contribution in [0.25, 0.3) is 0 Å². The fraction of sp³-hybridized carbons (Fsp3) is 0.923. The summed E-state index contributed by atoms with van der Waals surface area (Å²) >= 11 is 0. The van der Waals surface area contributed by atoms with E-state index in [1.165, 1.54) is 6.42 Å². The van der Waals surface area contributed by atoms with Crippen molar-refractivity contribution in [1.82, 2.24) is 0 Å². The fourth-order valence-corrected chi connectivity index (χ4v) is 5.08. The van der Waals surface area contributed by atoms with Crippen molar-refractivity contribution in [3.05, 3.63) is 0 Å². The molecule has 3 aliphatic rings. The second kappa shape index (κ2) is 2.48. The lowest BCUT2D eigenvalue weighted by atomic mass is 9.60. The second-order valence-electron chi connectivity index (χ2n) is 6.38. The van der Waals surface area contributed by atoms with Gasteiger partial charge < -0.3 is 5.11 Å². The van der Waals surface area contributed by atoms with Crippen molar-refractivity contribution >= 4 is 5.78 Å². The molecule has 84 valence electrons. The Hall–Kier alpha value is -0.370. The Kier molecular flexibility index (Phi) is 1.62. The zero-order chi connectivity index (χ0) is 10.9. The van der Waals surface area contributed by atoms with Gasteiger partial charge >= 0.3 is 0 Å². The number of hydrogen-bond donors (Lipinski definition) is 1. The highest BCUT2D eigenvalue weighted by molar-refractivity contribution is 5.89. The first-order chi connectivity index (χ1) is 6.96. The summed E-state index contributed by atoms with van der Waals surface area (Å²) in [5.74, 6) is 0.449. The summed E-state index contributed by atoms with van der Waals surface area (Å²) in [5.41, 5.74) is -0.0535. The molecule has 0 bridgehead atoms. The molecule has 3 atom stereocenters. The number of carbonyl (C=O) groups is 1. The molecular formula is C13H20O2. The van der Waals surface area contributed by atoms with E-state index in [0.717, 1.165) is 32.1 Å². The van der Waals surface area contributed by atoms with Crippen LogP contribution >= 0.6 is 0 Å². The zero-order valence-corrected chi connectivity index (χ0v) is 9.68. The van der Waals surface area contributed by atoms with Gasteiger partial charge in [-0.3, -0.25) is 4.79 Å². The van der Waals surface area contributed by atoms with Crippen LogP contribution in [0.1, 0.15) is 52.4 Å². The Balaban J connectivity index is 2.19. The minimum absolute atomic E-state index is 0.0599. The molecule has 3 aliphatic carbocycles. The second-order valence-corrected chi connectivity index (χ2v) is 6.38. The Bertz CT molecular complexity index is 333. The normalized spacial score (nSPS) is 51.9. The van der Waals surface area contributed by atoms with E-state index in [4.69, 9.17) is 0 Å². The average Bonchev–Trinajstić information content (AvgIpc) is 2.69. The molecule has 0 aromatic rings. The molecular weight excluding hydrogens is 188 g/mol. The predicted octanol–water partition coefficient (Wildman–Crippen LogP) is 2.30. The SMILES string of the molecule is CC1(C)C(O)C[C@@]23CCC[C@@]12CCC3=O. The molecule has 3 saturated carbocycles. The van der Waals surface area contributed by atoms with Gasteiger partial charge in [0, 0.05) is 11.8 Å². The Labute approximate surface area is 91.1 Å². The summed E-state index contributed by atoms with van der Waals surface area (Å²) in [5, 5.41) is 10.2. The van der Waals surface area contributed by atoms with Gasteiger partial charge in [-0.15, -0.1) is 0 Å². The summed E-state index contributed by atoms with van der Waals surface area (Å²) < 4.78 is 0. The topological polar surface area (TPSA) is 37.3 Å². The van der Waals surface area contributed by atoms with Crippen LogP contribution in [0, 0.1) is 16.2 Å². The van der Waals surface area contributed by atoms with Gasteiger partial charge in [-0.25, -0.2) is 0 Å². The van der Waals surface area contributed by atoms with Gasteiger partial charge in [-0.05, 0) is 36.5 Å². The smallest absolute Gasteiger partial charge is 0.139 e. The van der Waals surface area contributed by atoms with E-state index in [-0.39, 0.29) is 22.3 Å². The molecule has 0 aliphatic heterocycles. The van der Waals surface area contributed by atoms with Gasteiger partial charge in [-0.1, -0.05) is 20.3 Å². The fourth-order valence-electron chi connectivity index (χ4n) is 5.08. The third kappa shape index (κ3) is 0.780. The lowest BCUT2D eigenvalue weighted by Gasteiger charge is -2.43. The summed E-state index contributed by atoms with van der Waals surface area (Å²) in [6, 6.07) is 0. The number of ketones is 1. The largest absolute Gasteiger partial charge is 0.393 e. The van der Waals surface area contributed by atoms with Gasteiger partial charge in [0.2, 0.25) is 0 Å². The maximum absolute atomic E-state index is 12.2. The van der Waals surface area contributed by atoms with Crippen LogP contribution in [0.2, 0.25) is 0 Å². The molecule has 0 aromatic carbocycles. The van der Waals surface area contributed by atoms with Gasteiger partial charge in [0.1, 0.15) is 5.78 Å². The first kappa shape index (κ1) is 9.83. The number of Topliss-reactive ketones (excluding diaryl/α,β-unsaturated/α-hetero) is 1. The number of aliphatic hydroxyl groups is 1. The highest BCUT2D eigenvalue weighted by atomic mass is 16.3. The van der Waals surface area contributed by atoms with Crippen LogP contribution < -0.4 is 0 Å². The summed E-state index contributed by atoms with van der Waals surface area (Å²) in [7, 11) is 0. The van der Waals surface area contributed by atoms with Crippen LogP contribution in [0.4, 0.5) is 0 Å². The molecule has 1 N–H and O–H groups in total. The van der Waals surface area contributed by atoms with Crippen molar-refractivity contribution in [2.24, 2.45) is 16.2 Å². The third-order valence-corrected chi connectivity index (χ3v) is 6.04. The van der Waals surface area contributed by atoms with E-state index in [0.29, 0.717) is 5.78 Å². The number of rotatable bonds is 0. The van der Waals surface area contributed by atoms with Gasteiger partial charge in [0.05, 0.1) is 6.10 Å². The van der Waals surface area contributed by atoms with E-state index in [1.807, 2.05) is 0 Å². The van der Waals surface area contributed by atoms with E-state index in [2.05, 4.69) is 13.8 Å². The molecule has 0 amide bonds. The summed E-state index contributed by atoms with van der Waals surface area (Å²) in [6.45, 7) is 4.34. The highest BCUT2D eigenvalue weighted by Crippen LogP contribution is 2.75. The molecule has 15 heavy (non-hydrogen) atoms. The van der Waals surface area contributed by atoms with Crippen LogP contribution in [0.5, 0.6) is 0 Å². The maximum Gasteiger partial charge on any atom is 0.139 e. The van der Waals surface area contributed by atoms with Crippen molar-refractivity contribution in [3.63, 3.8) is 0 Å². The lowest BCUT2D eigenvalue weighted by molar-refractivity contribution is -0.128. The number of carbonyl (C=O) groups excluding carboxylic acids is 1. The molecule has 0 saturated heterocycles. The molecule has 0 spiro atoms. The van der Waals surface area contributed by atoms with Crippen LogP contribution in [-0.2, 0) is 4.79 Å². The van der Waals surface area contributed by atoms with Gasteiger partial charge in [0.15, 0.2) is 0 Å². The lowest BCUT2D eigenvalue weighted by Crippen LogP contribution is -2.41. The summed E-state index contributed by atoms with van der Waals surface area (Å²) in [4.78, 5) is 12.2. The standard InChI is InChI=1S/C13H20O2/c1-11(2)10(15)8-12-5-3-6-13(11,12)7-4-9(12)14/h10,15H,3-8H2,1-2H3/t10?,12-,13-/m1/s1. The Morgan fingerprint density at radius 3 is 2.67 bits per heavy atom. The van der Waals surface area contributed by atoms with E-state index >= 15 is 0 Å². The van der Waals surface area contributed by atoms with Crippen LogP contribution in [-0.4, -0.2) is 17.0 Å². The van der Waals surface area contributed by atoms with Gasteiger partial charge in [-0.2, -0.15) is 0 Å². The average molecular weight is 208 g/mol. The minimum Gasteiger partial charge on any atom is -0.393 e. The molecule has 3 rings (SSSR count). The van der Waals surface area contributed by atoms with Crippen molar-refractivity contribution in [3.8, 4) is 0 Å². The quantitative estimate of drug-likeness (QED) is 0.663. The van der Waals surface area contributed by atoms with Crippen molar-refractivity contribution < 1.29 is 9.90 Å². The third-order valence-electron chi connectivity index (χ3n) is 6.04. The van der Waals surface area contributed by atoms with E-state index in [1.54, 1.807) is 0 Å². The molecule has 0 aromatic heterocycles. The number of aliphatic hydroxyl groups excluding tert-OH is 1. The van der Waals surface area contributed by atoms with Crippen LogP contribution in [0.15, 0.2) is 0 Å². The van der Waals surface area contributed by atoms with Gasteiger partial charge in [0.25, 0.3) is 0 Å². The first-order valence-corrected chi connectivity index (χ1v) is 6.18.